The van der Waals surface area contributed by atoms with Crippen LogP contribution in [0.3, 0.4) is 0 Å². The van der Waals surface area contributed by atoms with E-state index in [0.29, 0.717) is 30.9 Å². The number of nitrogens with zero attached hydrogens (tertiary/aromatic N) is 2. The van der Waals surface area contributed by atoms with E-state index in [9.17, 15) is 9.59 Å². The van der Waals surface area contributed by atoms with Crippen molar-refractivity contribution in [3.8, 4) is 0 Å². The average molecular weight is 566 g/mol. The van der Waals surface area contributed by atoms with Gasteiger partial charge in [0.25, 0.3) is 5.91 Å². The first-order valence-electron chi connectivity index (χ1n) is 14.3. The van der Waals surface area contributed by atoms with Crippen molar-refractivity contribution in [1.29, 1.82) is 0 Å². The highest BCUT2D eigenvalue weighted by Crippen LogP contribution is 2.57. The molecule has 42 heavy (non-hydrogen) atoms. The van der Waals surface area contributed by atoms with Crippen LogP contribution in [0.2, 0.25) is 0 Å². The Kier molecular flexibility index (Phi) is 8.02. The van der Waals surface area contributed by atoms with Crippen molar-refractivity contribution in [2.45, 2.75) is 51.4 Å². The molecule has 1 N–H and O–H groups in total. The third-order valence-corrected chi connectivity index (χ3v) is 8.28. The fraction of sp³-hybridized carbons (Fsp3) is 0.324. The normalized spacial score (nSPS) is 24.5. The molecule has 1 saturated carbocycles. The molecule has 0 radical (unpaired) electrons. The first kappa shape index (κ1) is 28.0. The molecule has 2 fully saturated rings. The second-order valence-electron chi connectivity index (χ2n) is 11.3. The molecule has 3 aromatic carbocycles. The zero-order valence-corrected chi connectivity index (χ0v) is 23.8. The molecule has 1 saturated heterocycles. The summed E-state index contributed by atoms with van der Waals surface area (Å²) in [5, 5.41) is 2.78. The number of hydrogen-bond acceptors (Lipinski definition) is 6. The summed E-state index contributed by atoms with van der Waals surface area (Å²) in [4.78, 5) is 30.4. The standard InChI is InChI=1S/C34H35N3O5/c1-23-18-34(22-40-20-25-12-6-3-7-13-25)29(41-21-26-14-8-4-9-15-26)28(23)32(42-34)37-19-24(2)30(36-33(37)39)35-31(38)27-16-10-5-11-17-27/h3-17,19,23,28-29,32H,18,20-22H2,1-2H3,(H,35,36,38,39)/t23-,28+,29-,32+,34+/m0/s1. The molecule has 6 rings (SSSR count). The van der Waals surface area contributed by atoms with Crippen LogP contribution in [0.25, 0.3) is 0 Å². The van der Waals surface area contributed by atoms with Gasteiger partial charge in [-0.05, 0) is 42.5 Å². The van der Waals surface area contributed by atoms with Gasteiger partial charge in [-0.2, -0.15) is 4.98 Å². The second-order valence-corrected chi connectivity index (χ2v) is 11.3. The molecule has 1 aliphatic carbocycles. The van der Waals surface area contributed by atoms with Crippen molar-refractivity contribution < 1.29 is 19.0 Å². The van der Waals surface area contributed by atoms with Gasteiger partial charge in [-0.3, -0.25) is 9.36 Å². The highest BCUT2D eigenvalue weighted by atomic mass is 16.6. The second kappa shape index (κ2) is 12.0. The number of rotatable bonds is 10. The van der Waals surface area contributed by atoms with E-state index in [2.05, 4.69) is 17.2 Å². The predicted octanol–water partition coefficient (Wildman–Crippen LogP) is 5.53. The van der Waals surface area contributed by atoms with Crippen molar-refractivity contribution in [2.75, 3.05) is 11.9 Å². The summed E-state index contributed by atoms with van der Waals surface area (Å²) in [6.45, 7) is 5.23. The lowest BCUT2D eigenvalue weighted by molar-refractivity contribution is -0.168. The SMILES string of the molecule is Cc1cn([C@@H]2O[C@@]3(COCc4ccccc4)C[C@H](C)[C@@H]2[C@@H]3OCc2ccccc2)c(=O)nc1NC(=O)c1ccccc1. The summed E-state index contributed by atoms with van der Waals surface area (Å²) in [5.74, 6) is 0.0448. The first-order valence-corrected chi connectivity index (χ1v) is 14.3. The molecule has 4 aromatic rings. The van der Waals surface area contributed by atoms with Gasteiger partial charge >= 0.3 is 5.69 Å². The molecule has 8 nitrogen and oxygen atoms in total. The third-order valence-electron chi connectivity index (χ3n) is 8.28. The van der Waals surface area contributed by atoms with Crippen LogP contribution < -0.4 is 11.0 Å². The van der Waals surface area contributed by atoms with Crippen LogP contribution in [0.5, 0.6) is 0 Å². The molecule has 1 aromatic heterocycles. The summed E-state index contributed by atoms with van der Waals surface area (Å²) in [7, 11) is 0. The van der Waals surface area contributed by atoms with Gasteiger partial charge in [0.1, 0.15) is 17.6 Å². The van der Waals surface area contributed by atoms with E-state index in [0.717, 1.165) is 17.5 Å². The Morgan fingerprint density at radius 1 is 0.976 bits per heavy atom. The molecule has 216 valence electrons. The van der Waals surface area contributed by atoms with E-state index < -0.39 is 17.5 Å². The van der Waals surface area contributed by atoms with Crippen molar-refractivity contribution in [3.63, 3.8) is 0 Å². The van der Waals surface area contributed by atoms with Gasteiger partial charge in [0, 0.05) is 23.2 Å². The molecule has 0 unspecified atom stereocenters. The number of ether oxygens (including phenoxy) is 3. The van der Waals surface area contributed by atoms with E-state index in [1.807, 2.05) is 73.7 Å². The molecular formula is C34H35N3O5. The number of fused-ring (bicyclic) bond motifs is 2. The Labute approximate surface area is 245 Å². The Balaban J connectivity index is 1.26. The summed E-state index contributed by atoms with van der Waals surface area (Å²) in [6, 6.07) is 28.9. The van der Waals surface area contributed by atoms with Crippen LogP contribution in [0.4, 0.5) is 5.82 Å². The number of aryl methyl sites for hydroxylation is 1. The summed E-state index contributed by atoms with van der Waals surface area (Å²) >= 11 is 0. The summed E-state index contributed by atoms with van der Waals surface area (Å²) in [5.41, 5.74) is 2.10. The smallest absolute Gasteiger partial charge is 0.351 e. The zero-order chi connectivity index (χ0) is 29.1. The van der Waals surface area contributed by atoms with E-state index in [1.54, 1.807) is 35.0 Å². The molecule has 2 aliphatic rings. The zero-order valence-electron chi connectivity index (χ0n) is 23.8. The minimum Gasteiger partial charge on any atom is -0.374 e. The van der Waals surface area contributed by atoms with Crippen molar-refractivity contribution in [1.82, 2.24) is 9.55 Å². The maximum atomic E-state index is 13.4. The molecule has 1 amide bonds. The molecular weight excluding hydrogens is 530 g/mol. The first-order chi connectivity index (χ1) is 20.4. The van der Waals surface area contributed by atoms with Gasteiger partial charge in [-0.15, -0.1) is 0 Å². The summed E-state index contributed by atoms with van der Waals surface area (Å²) in [6.07, 6.45) is 1.63. The van der Waals surface area contributed by atoms with Gasteiger partial charge in [-0.25, -0.2) is 4.79 Å². The van der Waals surface area contributed by atoms with Gasteiger partial charge in [0.15, 0.2) is 0 Å². The van der Waals surface area contributed by atoms with E-state index >= 15 is 0 Å². The lowest BCUT2D eigenvalue weighted by Gasteiger charge is -2.34. The topological polar surface area (TPSA) is 91.7 Å². The monoisotopic (exact) mass is 565 g/mol. The fourth-order valence-electron chi connectivity index (χ4n) is 6.31. The number of carbonyl (C=O) groups excluding carboxylic acids is 1. The van der Waals surface area contributed by atoms with Crippen molar-refractivity contribution in [2.24, 2.45) is 11.8 Å². The lowest BCUT2D eigenvalue weighted by atomic mass is 9.94. The average Bonchev–Trinajstić information content (AvgIpc) is 3.46. The maximum Gasteiger partial charge on any atom is 0.351 e. The maximum absolute atomic E-state index is 13.4. The predicted molar refractivity (Wildman–Crippen MR) is 159 cm³/mol. The Bertz CT molecular complexity index is 1580. The molecule has 1 aliphatic heterocycles. The third kappa shape index (κ3) is 5.66. The highest BCUT2D eigenvalue weighted by molar-refractivity contribution is 6.04. The molecule has 8 heteroatoms. The van der Waals surface area contributed by atoms with Crippen LogP contribution in [-0.4, -0.2) is 33.8 Å². The van der Waals surface area contributed by atoms with Gasteiger partial charge in [0.2, 0.25) is 0 Å². The van der Waals surface area contributed by atoms with Crippen LogP contribution in [0.1, 0.15) is 46.6 Å². The van der Waals surface area contributed by atoms with Crippen LogP contribution >= 0.6 is 0 Å². The Morgan fingerprint density at radius 2 is 1.60 bits per heavy atom. The van der Waals surface area contributed by atoms with Gasteiger partial charge in [-0.1, -0.05) is 85.8 Å². The molecule has 5 atom stereocenters. The number of amides is 1. The van der Waals surface area contributed by atoms with Crippen LogP contribution in [0.15, 0.2) is 102 Å². The number of benzene rings is 3. The number of aromatic nitrogens is 2. The van der Waals surface area contributed by atoms with Crippen molar-refractivity contribution >= 4 is 11.7 Å². The minimum atomic E-state index is -0.716. The Morgan fingerprint density at radius 3 is 2.26 bits per heavy atom. The highest BCUT2D eigenvalue weighted by Gasteiger charge is 2.64. The Hall–Kier alpha value is -4.11. The number of carbonyl (C=O) groups is 1. The number of anilines is 1. The van der Waals surface area contributed by atoms with Crippen LogP contribution in [-0.2, 0) is 27.4 Å². The lowest BCUT2D eigenvalue weighted by Crippen LogP contribution is -2.43. The van der Waals surface area contributed by atoms with E-state index in [4.69, 9.17) is 14.2 Å². The quantitative estimate of drug-likeness (QED) is 0.272. The van der Waals surface area contributed by atoms with Crippen LogP contribution in [0, 0.1) is 18.8 Å². The summed E-state index contributed by atoms with van der Waals surface area (Å²) < 4.78 is 21.1. The van der Waals surface area contributed by atoms with E-state index in [1.165, 1.54) is 0 Å². The van der Waals surface area contributed by atoms with E-state index in [-0.39, 0.29) is 29.7 Å². The largest absolute Gasteiger partial charge is 0.374 e. The molecule has 2 bridgehead atoms. The fourth-order valence-corrected chi connectivity index (χ4v) is 6.31. The van der Waals surface area contributed by atoms with Gasteiger partial charge in [0.05, 0.1) is 25.9 Å². The molecule has 2 heterocycles. The molecule has 0 spiro atoms. The van der Waals surface area contributed by atoms with Gasteiger partial charge < -0.3 is 19.5 Å². The number of hydrogen-bond donors (Lipinski definition) is 1. The number of nitrogens with one attached hydrogen (secondary N) is 1. The van der Waals surface area contributed by atoms with Crippen molar-refractivity contribution in [3.05, 3.63) is 130 Å². The minimum absolute atomic E-state index is 0.0855.